The predicted octanol–water partition coefficient (Wildman–Crippen LogP) is 0.745. The topological polar surface area (TPSA) is 99.7 Å². The molecule has 0 spiro atoms. The van der Waals surface area contributed by atoms with Gasteiger partial charge in [0.05, 0.1) is 5.84 Å². The van der Waals surface area contributed by atoms with E-state index in [4.69, 9.17) is 22.3 Å². The van der Waals surface area contributed by atoms with Gasteiger partial charge in [0, 0.05) is 23.9 Å². The summed E-state index contributed by atoms with van der Waals surface area (Å²) < 4.78 is 0. The highest BCUT2D eigenvalue weighted by Gasteiger charge is 1.99. The van der Waals surface area contributed by atoms with Gasteiger partial charge in [0.2, 0.25) is 0 Å². The van der Waals surface area contributed by atoms with Crippen LogP contribution in [0.25, 0.3) is 0 Å². The minimum Gasteiger partial charge on any atom is -0.398 e. The Kier molecular flexibility index (Phi) is 2.64. The number of anilines is 1. The summed E-state index contributed by atoms with van der Waals surface area (Å²) in [5.41, 5.74) is 13.0. The van der Waals surface area contributed by atoms with Crippen LogP contribution in [0.4, 0.5) is 5.69 Å². The highest BCUT2D eigenvalue weighted by molar-refractivity contribution is 5.86. The van der Waals surface area contributed by atoms with Crippen LogP contribution in [0.3, 0.4) is 0 Å². The number of nitrogens with one attached hydrogen (secondary N) is 2. The maximum absolute atomic E-state index is 7.10. The maximum Gasteiger partial charge on any atom is 0.0950 e. The van der Waals surface area contributed by atoms with Crippen LogP contribution < -0.4 is 11.5 Å². The first-order chi connectivity index (χ1) is 6.13. The minimum atomic E-state index is 0.112. The molecule has 0 aliphatic carbocycles. The summed E-state index contributed by atoms with van der Waals surface area (Å²) in [7, 11) is 0. The van der Waals surface area contributed by atoms with Crippen molar-refractivity contribution in [3.63, 3.8) is 0 Å². The number of hydrogen-bond acceptors (Lipinski definition) is 3. The molecule has 1 aromatic rings. The Labute approximate surface area is 76.6 Å². The summed E-state index contributed by atoms with van der Waals surface area (Å²) in [6.45, 7) is 0. The van der Waals surface area contributed by atoms with E-state index in [-0.39, 0.29) is 5.84 Å². The average Bonchev–Trinajstić information content (AvgIpc) is 2.07. The molecule has 0 atom stereocenters. The molecule has 0 aliphatic heterocycles. The molecule has 0 heterocycles. The molecule has 68 valence electrons. The van der Waals surface area contributed by atoms with Crippen LogP contribution in [0.5, 0.6) is 0 Å². The van der Waals surface area contributed by atoms with Crippen LogP contribution in [0.2, 0.25) is 0 Å². The van der Waals surface area contributed by atoms with Crippen molar-refractivity contribution in [1.29, 1.82) is 10.8 Å². The lowest BCUT2D eigenvalue weighted by Crippen LogP contribution is -2.12. The number of amidine groups is 1. The summed E-state index contributed by atoms with van der Waals surface area (Å²) in [4.78, 5) is 0. The van der Waals surface area contributed by atoms with Crippen molar-refractivity contribution >= 4 is 17.7 Å². The second-order valence-corrected chi connectivity index (χ2v) is 2.81. The molecule has 0 saturated carbocycles. The highest BCUT2D eigenvalue weighted by Crippen LogP contribution is 2.12. The molecule has 4 heteroatoms. The fraction of sp³-hybridized carbons (Fsp3) is 0.111. The van der Waals surface area contributed by atoms with Gasteiger partial charge in [-0.15, -0.1) is 0 Å². The Balaban J connectivity index is 2.99. The van der Waals surface area contributed by atoms with Gasteiger partial charge in [-0.05, 0) is 17.7 Å². The van der Waals surface area contributed by atoms with Crippen LogP contribution in [0.1, 0.15) is 11.1 Å². The maximum atomic E-state index is 7.10. The first kappa shape index (κ1) is 9.25. The van der Waals surface area contributed by atoms with Gasteiger partial charge >= 0.3 is 0 Å². The fourth-order valence-electron chi connectivity index (χ4n) is 1.08. The summed E-state index contributed by atoms with van der Waals surface area (Å²) in [6.07, 6.45) is 1.60. The van der Waals surface area contributed by atoms with Crippen molar-refractivity contribution in [2.75, 3.05) is 5.73 Å². The molecule has 0 aromatic heterocycles. The van der Waals surface area contributed by atoms with E-state index in [1.807, 2.05) is 6.07 Å². The molecule has 1 rings (SSSR count). The predicted molar refractivity (Wildman–Crippen MR) is 54.4 cm³/mol. The van der Waals surface area contributed by atoms with Crippen LogP contribution in [-0.2, 0) is 6.42 Å². The van der Waals surface area contributed by atoms with E-state index in [0.717, 1.165) is 5.56 Å². The third-order valence-electron chi connectivity index (χ3n) is 1.70. The largest absolute Gasteiger partial charge is 0.398 e. The van der Waals surface area contributed by atoms with Crippen molar-refractivity contribution in [3.05, 3.63) is 29.3 Å². The van der Waals surface area contributed by atoms with Gasteiger partial charge in [0.1, 0.15) is 0 Å². The van der Waals surface area contributed by atoms with Gasteiger partial charge < -0.3 is 16.9 Å². The van der Waals surface area contributed by atoms with E-state index < -0.39 is 0 Å². The molecule has 0 bridgehead atoms. The summed E-state index contributed by atoms with van der Waals surface area (Å²) >= 11 is 0. The van der Waals surface area contributed by atoms with Crippen LogP contribution in [-0.4, -0.2) is 12.1 Å². The monoisotopic (exact) mass is 176 g/mol. The molecule has 0 fully saturated rings. The van der Waals surface area contributed by atoms with Crippen LogP contribution in [0, 0.1) is 10.8 Å². The van der Waals surface area contributed by atoms with Crippen molar-refractivity contribution < 1.29 is 0 Å². The first-order valence-electron chi connectivity index (χ1n) is 3.85. The lowest BCUT2D eigenvalue weighted by Gasteiger charge is -2.03. The molecular weight excluding hydrogens is 164 g/mol. The van der Waals surface area contributed by atoms with Crippen molar-refractivity contribution in [2.24, 2.45) is 5.73 Å². The summed E-state index contributed by atoms with van der Waals surface area (Å²) in [5, 5.41) is 14.2. The van der Waals surface area contributed by atoms with Gasteiger partial charge in [-0.1, -0.05) is 6.07 Å². The number of hydrogen-bond donors (Lipinski definition) is 4. The lowest BCUT2D eigenvalue weighted by atomic mass is 10.1. The standard InChI is InChI=1S/C9H12N4/c10-5-7-3-6(4-9(12)13)1-2-8(7)11/h1-3,5,10H,4,11H2,(H3,12,13). The van der Waals surface area contributed by atoms with Crippen LogP contribution >= 0.6 is 0 Å². The van der Waals surface area contributed by atoms with Crippen molar-refractivity contribution in [1.82, 2.24) is 0 Å². The van der Waals surface area contributed by atoms with E-state index in [1.165, 1.54) is 6.21 Å². The Morgan fingerprint density at radius 1 is 1.46 bits per heavy atom. The van der Waals surface area contributed by atoms with Crippen LogP contribution in [0.15, 0.2) is 18.2 Å². The van der Waals surface area contributed by atoms with Gasteiger partial charge in [0.25, 0.3) is 0 Å². The molecule has 6 N–H and O–H groups in total. The fourth-order valence-corrected chi connectivity index (χ4v) is 1.08. The normalized spacial score (nSPS) is 9.54. The average molecular weight is 176 g/mol. The van der Waals surface area contributed by atoms with E-state index >= 15 is 0 Å². The van der Waals surface area contributed by atoms with E-state index in [2.05, 4.69) is 0 Å². The number of rotatable bonds is 3. The molecular formula is C9H12N4. The van der Waals surface area contributed by atoms with Gasteiger partial charge in [0.15, 0.2) is 0 Å². The SMILES string of the molecule is N=Cc1cc(CC(=N)N)ccc1N. The smallest absolute Gasteiger partial charge is 0.0950 e. The molecule has 13 heavy (non-hydrogen) atoms. The molecule has 0 radical (unpaired) electrons. The number of nitrogen functional groups attached to an aromatic ring is 1. The molecule has 1 aromatic carbocycles. The molecule has 0 aliphatic rings. The third-order valence-corrected chi connectivity index (χ3v) is 1.70. The molecule has 4 nitrogen and oxygen atoms in total. The Hall–Kier alpha value is -1.84. The van der Waals surface area contributed by atoms with Crippen molar-refractivity contribution in [2.45, 2.75) is 6.42 Å². The zero-order chi connectivity index (χ0) is 9.84. The second kappa shape index (κ2) is 3.71. The number of benzene rings is 1. The Morgan fingerprint density at radius 2 is 2.15 bits per heavy atom. The molecule has 0 saturated heterocycles. The summed E-state index contributed by atoms with van der Waals surface area (Å²) in [5.74, 6) is 0.112. The quantitative estimate of drug-likeness (QED) is 0.310. The highest BCUT2D eigenvalue weighted by atomic mass is 14.7. The van der Waals surface area contributed by atoms with Gasteiger partial charge in [-0.3, -0.25) is 5.41 Å². The molecule has 0 unspecified atom stereocenters. The number of nitrogens with two attached hydrogens (primary N) is 2. The Morgan fingerprint density at radius 3 is 2.69 bits per heavy atom. The van der Waals surface area contributed by atoms with E-state index in [1.54, 1.807) is 12.1 Å². The summed E-state index contributed by atoms with van der Waals surface area (Å²) in [6, 6.07) is 5.30. The van der Waals surface area contributed by atoms with Crippen molar-refractivity contribution in [3.8, 4) is 0 Å². The van der Waals surface area contributed by atoms with Gasteiger partial charge in [-0.2, -0.15) is 0 Å². The zero-order valence-corrected chi connectivity index (χ0v) is 7.17. The van der Waals surface area contributed by atoms with E-state index in [9.17, 15) is 0 Å². The minimum absolute atomic E-state index is 0.112. The molecule has 0 amide bonds. The second-order valence-electron chi connectivity index (χ2n) is 2.81. The lowest BCUT2D eigenvalue weighted by molar-refractivity contribution is 1.24. The first-order valence-corrected chi connectivity index (χ1v) is 3.85. The van der Waals surface area contributed by atoms with Gasteiger partial charge in [-0.25, -0.2) is 0 Å². The third kappa shape index (κ3) is 2.30. The zero-order valence-electron chi connectivity index (χ0n) is 7.17. The Bertz CT molecular complexity index is 343. The van der Waals surface area contributed by atoms with E-state index in [0.29, 0.717) is 17.7 Å².